The van der Waals surface area contributed by atoms with Crippen molar-refractivity contribution in [2.45, 2.75) is 25.5 Å². The van der Waals surface area contributed by atoms with Crippen LogP contribution in [0.3, 0.4) is 0 Å². The molecule has 0 unspecified atom stereocenters. The topological polar surface area (TPSA) is 118 Å². The van der Waals surface area contributed by atoms with E-state index in [1.165, 1.54) is 29.4 Å². The molecule has 1 aromatic heterocycles. The molecule has 1 saturated heterocycles. The molecule has 2 aliphatic heterocycles. The number of aromatic nitrogens is 1. The van der Waals surface area contributed by atoms with E-state index in [0.717, 1.165) is 16.0 Å². The minimum absolute atomic E-state index is 0.00472. The Kier molecular flexibility index (Phi) is 5.91. The number of carbonyl (C=O) groups is 2. The first-order valence-electron chi connectivity index (χ1n) is 12.2. The standard InChI is InChI=1S/C29H24N2O7S/c1-14-10-17-11-16(5-9-21(17)38-14)26(33)24-25(15-4-8-20(32)22(12-15)37-3)31(28(35)27(24)34)29-30-19-7-6-18(36-2)13-23(19)39-29/h4-9,11-14,25,32-33H,10H2,1-3H3/b26-24+/t14-,25-/m0/s1. The Hall–Kier alpha value is -4.57. The number of benzene rings is 3. The SMILES string of the molecule is COc1ccc2nc(N3C(=O)C(=O)/C(=C(/O)c4ccc5c(c4)C[C@H](C)O5)[C@@H]3c3ccc(O)c(OC)c3)sc2c1. The maximum Gasteiger partial charge on any atom is 0.301 e. The summed E-state index contributed by atoms with van der Waals surface area (Å²) >= 11 is 1.23. The smallest absolute Gasteiger partial charge is 0.301 e. The Morgan fingerprint density at radius 3 is 2.67 bits per heavy atom. The first kappa shape index (κ1) is 24.7. The van der Waals surface area contributed by atoms with E-state index in [4.69, 9.17) is 14.2 Å². The number of Topliss-reactive ketones (excluding diaryl/α,β-unsaturated/α-hetero) is 1. The molecular weight excluding hydrogens is 520 g/mol. The number of phenols is 1. The summed E-state index contributed by atoms with van der Waals surface area (Å²) in [5.41, 5.74) is 2.31. The average molecular weight is 545 g/mol. The summed E-state index contributed by atoms with van der Waals surface area (Å²) in [6.45, 7) is 1.96. The second-order valence-electron chi connectivity index (χ2n) is 9.39. The van der Waals surface area contributed by atoms with Crippen LogP contribution in [0.4, 0.5) is 5.13 Å². The number of carbonyl (C=O) groups excluding carboxylic acids is 2. The number of thiazole rings is 1. The number of phenolic OH excluding ortho intramolecular Hbond substituents is 1. The summed E-state index contributed by atoms with van der Waals surface area (Å²) in [7, 11) is 2.97. The van der Waals surface area contributed by atoms with Gasteiger partial charge in [0.2, 0.25) is 0 Å². The molecule has 2 atom stereocenters. The van der Waals surface area contributed by atoms with Crippen molar-refractivity contribution in [1.82, 2.24) is 4.98 Å². The van der Waals surface area contributed by atoms with E-state index in [0.29, 0.717) is 28.8 Å². The number of aromatic hydroxyl groups is 1. The van der Waals surface area contributed by atoms with Crippen LogP contribution in [0.2, 0.25) is 0 Å². The highest BCUT2D eigenvalue weighted by molar-refractivity contribution is 7.22. The Balaban J connectivity index is 1.54. The van der Waals surface area contributed by atoms with Crippen molar-refractivity contribution in [3.63, 3.8) is 0 Å². The van der Waals surface area contributed by atoms with Crippen LogP contribution >= 0.6 is 11.3 Å². The molecule has 0 saturated carbocycles. The number of anilines is 1. The van der Waals surface area contributed by atoms with E-state index in [-0.39, 0.29) is 34.1 Å². The molecule has 2 aliphatic rings. The molecule has 0 aliphatic carbocycles. The number of amides is 1. The first-order valence-corrected chi connectivity index (χ1v) is 13.0. The molecule has 2 N–H and O–H groups in total. The number of fused-ring (bicyclic) bond motifs is 2. The fraction of sp³-hybridized carbons (Fsp3) is 0.207. The normalized spacial score (nSPS) is 19.8. The number of methoxy groups -OCH3 is 2. The minimum atomic E-state index is -1.02. The zero-order valence-electron chi connectivity index (χ0n) is 21.3. The Morgan fingerprint density at radius 1 is 1.08 bits per heavy atom. The monoisotopic (exact) mass is 544 g/mol. The average Bonchev–Trinajstić information content (AvgIpc) is 3.60. The lowest BCUT2D eigenvalue weighted by Crippen LogP contribution is -2.29. The van der Waals surface area contributed by atoms with Crippen LogP contribution in [-0.4, -0.2) is 47.2 Å². The van der Waals surface area contributed by atoms with E-state index >= 15 is 0 Å². The number of rotatable bonds is 5. The molecule has 4 aromatic rings. The minimum Gasteiger partial charge on any atom is -0.507 e. The molecule has 0 radical (unpaired) electrons. The molecular formula is C29H24N2O7S. The lowest BCUT2D eigenvalue weighted by Gasteiger charge is -2.23. The number of ketones is 1. The van der Waals surface area contributed by atoms with Gasteiger partial charge in [0.25, 0.3) is 5.78 Å². The molecule has 3 heterocycles. The van der Waals surface area contributed by atoms with Crippen molar-refractivity contribution in [3.8, 4) is 23.0 Å². The van der Waals surface area contributed by atoms with Crippen molar-refractivity contribution in [2.24, 2.45) is 0 Å². The van der Waals surface area contributed by atoms with Crippen molar-refractivity contribution < 1.29 is 34.0 Å². The quantitative estimate of drug-likeness (QED) is 0.205. The van der Waals surface area contributed by atoms with Crippen LogP contribution in [0.5, 0.6) is 23.0 Å². The fourth-order valence-corrected chi connectivity index (χ4v) is 6.08. The zero-order chi connectivity index (χ0) is 27.4. The third kappa shape index (κ3) is 4.04. The van der Waals surface area contributed by atoms with Gasteiger partial charge in [0.15, 0.2) is 16.6 Å². The van der Waals surface area contributed by atoms with Crippen LogP contribution in [0.15, 0.2) is 60.2 Å². The van der Waals surface area contributed by atoms with E-state index in [9.17, 15) is 19.8 Å². The van der Waals surface area contributed by atoms with E-state index in [1.54, 1.807) is 55.6 Å². The summed E-state index contributed by atoms with van der Waals surface area (Å²) in [5.74, 6) is -0.547. The second-order valence-corrected chi connectivity index (χ2v) is 10.4. The molecule has 0 spiro atoms. The van der Waals surface area contributed by atoms with Gasteiger partial charge in [0.05, 0.1) is 36.1 Å². The maximum absolute atomic E-state index is 13.6. The highest BCUT2D eigenvalue weighted by Crippen LogP contribution is 2.46. The predicted molar refractivity (Wildman–Crippen MR) is 146 cm³/mol. The van der Waals surface area contributed by atoms with Gasteiger partial charge in [0.1, 0.15) is 23.4 Å². The van der Waals surface area contributed by atoms with Crippen LogP contribution in [0, 0.1) is 0 Å². The third-order valence-electron chi connectivity index (χ3n) is 6.92. The third-order valence-corrected chi connectivity index (χ3v) is 7.94. The summed E-state index contributed by atoms with van der Waals surface area (Å²) in [5, 5.41) is 22.0. The van der Waals surface area contributed by atoms with Crippen LogP contribution in [-0.2, 0) is 16.0 Å². The highest BCUT2D eigenvalue weighted by Gasteiger charge is 2.48. The first-order chi connectivity index (χ1) is 18.8. The van der Waals surface area contributed by atoms with Crippen molar-refractivity contribution >= 4 is 44.1 Å². The number of nitrogens with zero attached hydrogens (tertiary/aromatic N) is 2. The molecule has 198 valence electrons. The summed E-state index contributed by atoms with van der Waals surface area (Å²) in [6.07, 6.45) is 0.670. The summed E-state index contributed by atoms with van der Waals surface area (Å²) in [4.78, 5) is 33.0. The van der Waals surface area contributed by atoms with Gasteiger partial charge in [-0.3, -0.25) is 14.5 Å². The van der Waals surface area contributed by atoms with Gasteiger partial charge in [-0.05, 0) is 66.6 Å². The summed E-state index contributed by atoms with van der Waals surface area (Å²) in [6, 6.07) is 14.1. The lowest BCUT2D eigenvalue weighted by atomic mass is 9.94. The van der Waals surface area contributed by atoms with Gasteiger partial charge < -0.3 is 24.4 Å². The van der Waals surface area contributed by atoms with Gasteiger partial charge in [-0.15, -0.1) is 0 Å². The number of aliphatic hydroxyl groups is 1. The van der Waals surface area contributed by atoms with Crippen molar-refractivity contribution in [3.05, 3.63) is 76.9 Å². The van der Waals surface area contributed by atoms with Crippen LogP contribution in [0.1, 0.15) is 29.7 Å². The Morgan fingerprint density at radius 2 is 1.90 bits per heavy atom. The van der Waals surface area contributed by atoms with Gasteiger partial charge in [-0.2, -0.15) is 0 Å². The Labute approximate surface area is 227 Å². The number of hydrogen-bond donors (Lipinski definition) is 2. The highest BCUT2D eigenvalue weighted by atomic mass is 32.1. The summed E-state index contributed by atoms with van der Waals surface area (Å²) < 4.78 is 17.1. The fourth-order valence-electron chi connectivity index (χ4n) is 5.06. The molecule has 10 heteroatoms. The van der Waals surface area contributed by atoms with Gasteiger partial charge in [0, 0.05) is 12.0 Å². The van der Waals surface area contributed by atoms with E-state index in [1.807, 2.05) is 6.92 Å². The molecule has 1 fully saturated rings. The van der Waals surface area contributed by atoms with Crippen LogP contribution in [0.25, 0.3) is 16.0 Å². The van der Waals surface area contributed by atoms with Gasteiger partial charge >= 0.3 is 5.91 Å². The largest absolute Gasteiger partial charge is 0.507 e. The number of ether oxygens (including phenoxy) is 3. The van der Waals surface area contributed by atoms with Gasteiger partial charge in [-0.1, -0.05) is 17.4 Å². The molecule has 0 bridgehead atoms. The van der Waals surface area contributed by atoms with Crippen molar-refractivity contribution in [1.29, 1.82) is 0 Å². The van der Waals surface area contributed by atoms with Gasteiger partial charge in [-0.25, -0.2) is 4.98 Å². The molecule has 9 nitrogen and oxygen atoms in total. The zero-order valence-corrected chi connectivity index (χ0v) is 22.1. The molecule has 39 heavy (non-hydrogen) atoms. The molecule has 1 amide bonds. The van der Waals surface area contributed by atoms with E-state index in [2.05, 4.69) is 4.98 Å². The number of aliphatic hydroxyl groups excluding tert-OH is 1. The van der Waals surface area contributed by atoms with Crippen LogP contribution < -0.4 is 19.1 Å². The lowest BCUT2D eigenvalue weighted by molar-refractivity contribution is -0.132. The maximum atomic E-state index is 13.6. The molecule has 6 rings (SSSR count). The molecule has 3 aromatic carbocycles. The number of hydrogen-bond acceptors (Lipinski definition) is 9. The van der Waals surface area contributed by atoms with Crippen molar-refractivity contribution in [2.75, 3.05) is 19.1 Å². The van der Waals surface area contributed by atoms with E-state index < -0.39 is 17.7 Å². The predicted octanol–water partition coefficient (Wildman–Crippen LogP) is 4.97. The second kappa shape index (κ2) is 9.32. The Bertz CT molecular complexity index is 1690.